The van der Waals surface area contributed by atoms with Crippen molar-refractivity contribution < 1.29 is 0 Å². The molecular formula is C104H114. The summed E-state index contributed by atoms with van der Waals surface area (Å²) >= 11 is 0. The second-order valence-electron chi connectivity index (χ2n) is 31.8. The van der Waals surface area contributed by atoms with Gasteiger partial charge in [0.05, 0.1) is 10.8 Å². The lowest BCUT2D eigenvalue weighted by atomic mass is 9.62. The molecule has 104 heavy (non-hydrogen) atoms. The highest BCUT2D eigenvalue weighted by Crippen LogP contribution is 2.71. The summed E-state index contributed by atoms with van der Waals surface area (Å²) in [6.45, 7) is 9.26. The minimum Gasteiger partial charge on any atom is -0.0654 e. The first-order valence-electron chi connectivity index (χ1n) is 41.8. The predicted octanol–water partition coefficient (Wildman–Crippen LogP) is 30.2. The number of unbranched alkanes of at least 4 members (excludes halogenated alkanes) is 24. The van der Waals surface area contributed by atoms with Gasteiger partial charge in [-0.1, -0.05) is 388 Å². The van der Waals surface area contributed by atoms with Crippen LogP contribution in [0.25, 0.3) is 89.0 Å². The van der Waals surface area contributed by atoms with Crippen molar-refractivity contribution in [3.05, 3.63) is 297 Å². The molecule has 0 amide bonds. The highest BCUT2D eigenvalue weighted by Gasteiger charge is 2.60. The van der Waals surface area contributed by atoms with Gasteiger partial charge in [-0.3, -0.25) is 0 Å². The van der Waals surface area contributed by atoms with Crippen molar-refractivity contribution in [3.63, 3.8) is 0 Å². The summed E-state index contributed by atoms with van der Waals surface area (Å²) in [6.07, 6.45) is 41.7. The molecule has 0 aromatic heterocycles. The van der Waals surface area contributed by atoms with Crippen LogP contribution in [-0.2, 0) is 36.5 Å². The SMILES string of the molecule is CCCCCCCCCc1ccc(-c2ccc3c(c2)C2(c4cc(-c5ccc(CCCCCCCCC)cc5)ccc4-3)c3ccccc3-c3ccc4c(c32)C2(c3cc(-c5ccc(CCCCCCCCC)cc5)ccc3-c3ccc(-c5ccc(CCCCCCCCC)cc5)cc32)c2ccccc2-4)cc1. The van der Waals surface area contributed by atoms with Crippen molar-refractivity contribution in [2.24, 2.45) is 0 Å². The molecule has 11 aromatic rings. The van der Waals surface area contributed by atoms with E-state index in [-0.39, 0.29) is 0 Å². The zero-order valence-electron chi connectivity index (χ0n) is 63.6. The van der Waals surface area contributed by atoms with Crippen molar-refractivity contribution >= 4 is 0 Å². The molecule has 0 saturated heterocycles. The number of fused-ring (bicyclic) bond motifs is 21. The molecule has 0 nitrogen and oxygen atoms in total. The van der Waals surface area contributed by atoms with E-state index in [1.807, 2.05) is 0 Å². The first-order chi connectivity index (χ1) is 51.5. The Balaban J connectivity index is 0.901. The Labute approximate surface area is 626 Å². The highest BCUT2D eigenvalue weighted by molar-refractivity contribution is 6.04. The van der Waals surface area contributed by atoms with E-state index in [2.05, 4.69) is 258 Å². The van der Waals surface area contributed by atoms with Crippen molar-refractivity contribution in [1.29, 1.82) is 0 Å². The average molecular weight is 1360 g/mol. The van der Waals surface area contributed by atoms with Crippen LogP contribution in [0.15, 0.2) is 231 Å². The molecule has 530 valence electrons. The van der Waals surface area contributed by atoms with Gasteiger partial charge >= 0.3 is 0 Å². The Kier molecular flexibility index (Phi) is 22.7. The van der Waals surface area contributed by atoms with E-state index in [4.69, 9.17) is 0 Å². The molecule has 0 heteroatoms. The van der Waals surface area contributed by atoms with Crippen LogP contribution in [0.5, 0.6) is 0 Å². The van der Waals surface area contributed by atoms with E-state index in [0.717, 1.165) is 25.7 Å². The van der Waals surface area contributed by atoms with Crippen molar-refractivity contribution in [2.75, 3.05) is 0 Å². The Hall–Kier alpha value is -8.58. The molecule has 4 aliphatic rings. The monoisotopic (exact) mass is 1360 g/mol. The summed E-state index contributed by atoms with van der Waals surface area (Å²) in [5.74, 6) is 0. The normalized spacial score (nSPS) is 13.4. The third-order valence-electron chi connectivity index (χ3n) is 24.9. The number of benzene rings is 11. The van der Waals surface area contributed by atoms with E-state index < -0.39 is 10.8 Å². The Morgan fingerprint density at radius 1 is 0.173 bits per heavy atom. The van der Waals surface area contributed by atoms with Crippen molar-refractivity contribution in [2.45, 2.75) is 244 Å². The second kappa shape index (κ2) is 33.3. The average Bonchev–Trinajstić information content (AvgIpc) is 1.47. The molecule has 4 aliphatic carbocycles. The fourth-order valence-electron chi connectivity index (χ4n) is 19.3. The van der Waals surface area contributed by atoms with Crippen LogP contribution < -0.4 is 0 Å². The minimum atomic E-state index is -0.689. The summed E-state index contributed by atoms with van der Waals surface area (Å²) in [5.41, 5.74) is 36.5. The third kappa shape index (κ3) is 14.0. The largest absolute Gasteiger partial charge is 0.0729 e. The summed E-state index contributed by atoms with van der Waals surface area (Å²) in [4.78, 5) is 0. The molecule has 0 N–H and O–H groups in total. The van der Waals surface area contributed by atoms with Crippen molar-refractivity contribution in [1.82, 2.24) is 0 Å². The Bertz CT molecular complexity index is 4180. The highest BCUT2D eigenvalue weighted by atomic mass is 14.6. The van der Waals surface area contributed by atoms with Gasteiger partial charge in [-0.2, -0.15) is 0 Å². The maximum atomic E-state index is 2.65. The molecule has 11 aromatic carbocycles. The number of hydrogen-bond acceptors (Lipinski definition) is 0. The van der Waals surface area contributed by atoms with Crippen LogP contribution in [0, 0.1) is 0 Å². The maximum absolute atomic E-state index is 2.65. The van der Waals surface area contributed by atoms with Gasteiger partial charge in [0.25, 0.3) is 0 Å². The van der Waals surface area contributed by atoms with Crippen LogP contribution in [0.1, 0.15) is 274 Å². The lowest BCUT2D eigenvalue weighted by molar-refractivity contribution is 0.589. The topological polar surface area (TPSA) is 0 Å². The van der Waals surface area contributed by atoms with E-state index in [1.165, 1.54) is 336 Å². The quantitative estimate of drug-likeness (QED) is 0.0343. The van der Waals surface area contributed by atoms with Gasteiger partial charge in [-0.15, -0.1) is 0 Å². The van der Waals surface area contributed by atoms with Gasteiger partial charge in [0.1, 0.15) is 0 Å². The summed E-state index contributed by atoms with van der Waals surface area (Å²) < 4.78 is 0. The smallest absolute Gasteiger partial charge is 0.0654 e. The van der Waals surface area contributed by atoms with Crippen LogP contribution in [0.2, 0.25) is 0 Å². The molecule has 2 spiro atoms. The molecule has 0 bridgehead atoms. The standard InChI is InChI=1S/C104H114/c1-5-9-13-17-21-25-29-37-75-45-53-79(54-46-75)83-61-65-89-90-66-62-84(80-55-47-76(48-56-80)38-30-26-22-18-14-10-6-2)72-98(90)103(97(89)71-83)95-43-35-33-41-87(95)93-69-70-94-88-42-34-36-44-96(88)104(102(94)101(93)103)99-73-85(81-57-49-77(50-58-81)39-31-27-23-19-15-11-7-3)63-67-91(99)92-68-64-86(74-100(92)104)82-59-51-78(52-60-82)40-32-28-24-20-16-12-8-4/h33-36,41-74H,5-32,37-40H2,1-4H3. The summed E-state index contributed by atoms with van der Waals surface area (Å²) in [6, 6.07) is 93.6. The first-order valence-corrected chi connectivity index (χ1v) is 41.8. The molecule has 0 heterocycles. The van der Waals surface area contributed by atoms with Gasteiger partial charge < -0.3 is 0 Å². The fraction of sp³-hybridized carbons (Fsp3) is 0.365. The number of aryl methyl sites for hydroxylation is 4. The molecular weight excluding hydrogens is 1250 g/mol. The summed E-state index contributed by atoms with van der Waals surface area (Å²) in [5, 5.41) is 0. The van der Waals surface area contributed by atoms with Crippen molar-refractivity contribution in [3.8, 4) is 89.0 Å². The molecule has 15 rings (SSSR count). The second-order valence-corrected chi connectivity index (χ2v) is 31.8. The molecule has 0 aliphatic heterocycles. The zero-order valence-corrected chi connectivity index (χ0v) is 63.6. The van der Waals surface area contributed by atoms with Crippen LogP contribution in [0.4, 0.5) is 0 Å². The number of rotatable bonds is 36. The Morgan fingerprint density at radius 3 is 0.625 bits per heavy atom. The molecule has 0 saturated carbocycles. The number of hydrogen-bond donors (Lipinski definition) is 0. The van der Waals surface area contributed by atoms with Gasteiger partial charge in [0.15, 0.2) is 0 Å². The van der Waals surface area contributed by atoms with E-state index in [1.54, 1.807) is 0 Å². The molecule has 0 atom stereocenters. The zero-order chi connectivity index (χ0) is 70.7. The van der Waals surface area contributed by atoms with E-state index in [0.29, 0.717) is 0 Å². The van der Waals surface area contributed by atoms with Gasteiger partial charge in [0, 0.05) is 0 Å². The Morgan fingerprint density at radius 2 is 0.375 bits per heavy atom. The van der Waals surface area contributed by atoms with Gasteiger partial charge in [-0.05, 0) is 231 Å². The maximum Gasteiger partial charge on any atom is 0.0729 e. The van der Waals surface area contributed by atoms with Crippen LogP contribution >= 0.6 is 0 Å². The fourth-order valence-corrected chi connectivity index (χ4v) is 19.3. The van der Waals surface area contributed by atoms with Crippen LogP contribution in [0.3, 0.4) is 0 Å². The summed E-state index contributed by atoms with van der Waals surface area (Å²) in [7, 11) is 0. The van der Waals surface area contributed by atoms with Gasteiger partial charge in [0.2, 0.25) is 0 Å². The molecule has 0 unspecified atom stereocenters. The third-order valence-corrected chi connectivity index (χ3v) is 24.9. The van der Waals surface area contributed by atoms with E-state index in [9.17, 15) is 0 Å². The molecule has 0 fully saturated rings. The minimum absolute atomic E-state index is 0.689. The first kappa shape index (κ1) is 71.1. The lowest BCUT2D eigenvalue weighted by Gasteiger charge is -2.38. The predicted molar refractivity (Wildman–Crippen MR) is 448 cm³/mol. The van der Waals surface area contributed by atoms with Gasteiger partial charge in [-0.25, -0.2) is 0 Å². The molecule has 0 radical (unpaired) electrons. The van der Waals surface area contributed by atoms with Crippen LogP contribution in [-0.4, -0.2) is 0 Å². The lowest BCUT2D eigenvalue weighted by Crippen LogP contribution is -2.33. The van der Waals surface area contributed by atoms with E-state index >= 15 is 0 Å².